The fourth-order valence-corrected chi connectivity index (χ4v) is 3.69. The molecule has 2 aromatic rings. The van der Waals surface area contributed by atoms with Crippen molar-refractivity contribution < 1.29 is 13.6 Å². The number of nitrogens with zero attached hydrogens (tertiary/aromatic N) is 1. The fourth-order valence-electron chi connectivity index (χ4n) is 2.12. The highest BCUT2D eigenvalue weighted by Gasteiger charge is 2.26. The lowest BCUT2D eigenvalue weighted by Gasteiger charge is -2.17. The predicted molar refractivity (Wildman–Crippen MR) is 85.9 cm³/mol. The van der Waals surface area contributed by atoms with Crippen molar-refractivity contribution in [1.29, 1.82) is 5.26 Å². The molecule has 0 aliphatic heterocycles. The van der Waals surface area contributed by atoms with Gasteiger partial charge in [-0.15, -0.1) is 0 Å². The minimum absolute atomic E-state index is 0.312. The van der Waals surface area contributed by atoms with Gasteiger partial charge in [0.15, 0.2) is 0 Å². The van der Waals surface area contributed by atoms with Crippen LogP contribution in [0.4, 0.5) is 0 Å². The Bertz CT molecular complexity index is 709. The third kappa shape index (κ3) is 3.45. The highest BCUT2D eigenvalue weighted by Crippen LogP contribution is 2.46. The second-order valence-corrected chi connectivity index (χ2v) is 6.49. The lowest BCUT2D eigenvalue weighted by molar-refractivity contribution is 0.230. The van der Waals surface area contributed by atoms with Gasteiger partial charge in [-0.3, -0.25) is 4.57 Å². The molecule has 0 N–H and O–H groups in total. The number of hydrogen-bond donors (Lipinski definition) is 0. The van der Waals surface area contributed by atoms with Gasteiger partial charge in [0.1, 0.15) is 0 Å². The topological polar surface area (TPSA) is 59.3 Å². The van der Waals surface area contributed by atoms with E-state index in [2.05, 4.69) is 12.1 Å². The highest BCUT2D eigenvalue weighted by atomic mass is 31.2. The maximum atomic E-state index is 12.7. The molecule has 22 heavy (non-hydrogen) atoms. The van der Waals surface area contributed by atoms with Crippen LogP contribution < -0.4 is 5.30 Å². The van der Waals surface area contributed by atoms with E-state index in [0.29, 0.717) is 24.1 Å². The largest absolute Gasteiger partial charge is 0.361 e. The van der Waals surface area contributed by atoms with E-state index in [4.69, 9.17) is 14.3 Å². The van der Waals surface area contributed by atoms with Crippen molar-refractivity contribution in [3.05, 3.63) is 54.1 Å². The Balaban J connectivity index is 2.38. The summed E-state index contributed by atoms with van der Waals surface area (Å²) < 4.78 is 23.3. The van der Waals surface area contributed by atoms with Crippen LogP contribution >= 0.6 is 7.60 Å². The van der Waals surface area contributed by atoms with Crippen molar-refractivity contribution in [1.82, 2.24) is 0 Å². The van der Waals surface area contributed by atoms with E-state index in [1.54, 1.807) is 38.1 Å². The Morgan fingerprint density at radius 1 is 1.14 bits per heavy atom. The van der Waals surface area contributed by atoms with Gasteiger partial charge in [-0.05, 0) is 49.2 Å². The number of benzene rings is 2. The van der Waals surface area contributed by atoms with Crippen LogP contribution in [0.1, 0.15) is 19.4 Å². The highest BCUT2D eigenvalue weighted by molar-refractivity contribution is 7.62. The Kier molecular flexibility index (Phi) is 5.51. The molecule has 4 nitrogen and oxygen atoms in total. The quantitative estimate of drug-likeness (QED) is 0.758. The average molecular weight is 314 g/mol. The van der Waals surface area contributed by atoms with Crippen molar-refractivity contribution in [3.8, 4) is 17.2 Å². The Morgan fingerprint density at radius 3 is 2.32 bits per heavy atom. The molecule has 0 aliphatic rings. The van der Waals surface area contributed by atoms with Gasteiger partial charge in [0.25, 0.3) is 0 Å². The molecular weight excluding hydrogens is 297 g/mol. The molecule has 0 unspecified atom stereocenters. The summed E-state index contributed by atoms with van der Waals surface area (Å²) in [4.78, 5) is 0. The minimum Gasteiger partial charge on any atom is -0.305 e. The van der Waals surface area contributed by atoms with Crippen LogP contribution in [-0.2, 0) is 13.6 Å². The zero-order chi connectivity index (χ0) is 16.0. The first-order valence-corrected chi connectivity index (χ1v) is 8.59. The summed E-state index contributed by atoms with van der Waals surface area (Å²) in [6, 6.07) is 17.3. The first kappa shape index (κ1) is 16.5. The summed E-state index contributed by atoms with van der Waals surface area (Å²) in [6.45, 7) is 4.18. The zero-order valence-electron chi connectivity index (χ0n) is 12.6. The molecule has 0 amide bonds. The summed E-state index contributed by atoms with van der Waals surface area (Å²) in [7, 11) is -3.27. The van der Waals surface area contributed by atoms with Gasteiger partial charge in [-0.25, -0.2) is 0 Å². The van der Waals surface area contributed by atoms with E-state index in [1.807, 2.05) is 18.2 Å². The summed E-state index contributed by atoms with van der Waals surface area (Å²) in [5, 5.41) is 9.66. The third-order valence-corrected chi connectivity index (χ3v) is 5.20. The molecular formula is C17H17NO3P. The predicted octanol–water partition coefficient (Wildman–Crippen LogP) is 3.92. The van der Waals surface area contributed by atoms with Gasteiger partial charge in [0.2, 0.25) is 0 Å². The molecule has 5 heteroatoms. The van der Waals surface area contributed by atoms with E-state index in [-0.39, 0.29) is 0 Å². The lowest BCUT2D eigenvalue weighted by atomic mass is 10.0. The molecule has 0 aromatic heterocycles. The normalized spacial score (nSPS) is 11.1. The van der Waals surface area contributed by atoms with E-state index < -0.39 is 7.60 Å². The van der Waals surface area contributed by atoms with Gasteiger partial charge >= 0.3 is 7.60 Å². The molecule has 0 spiro atoms. The first-order valence-electron chi connectivity index (χ1n) is 7.05. The number of hydrogen-bond acceptors (Lipinski definition) is 4. The van der Waals surface area contributed by atoms with Crippen molar-refractivity contribution in [2.24, 2.45) is 0 Å². The maximum absolute atomic E-state index is 12.7. The van der Waals surface area contributed by atoms with Gasteiger partial charge in [0, 0.05) is 0 Å². The molecule has 2 rings (SSSR count). The van der Waals surface area contributed by atoms with Gasteiger partial charge in [-0.1, -0.05) is 24.3 Å². The molecule has 2 aromatic carbocycles. The van der Waals surface area contributed by atoms with Crippen LogP contribution in [-0.4, -0.2) is 13.2 Å². The summed E-state index contributed by atoms with van der Waals surface area (Å²) in [5.74, 6) is 0. The van der Waals surface area contributed by atoms with E-state index >= 15 is 0 Å². The van der Waals surface area contributed by atoms with Gasteiger partial charge in [0.05, 0.1) is 30.2 Å². The molecule has 0 saturated heterocycles. The zero-order valence-corrected chi connectivity index (χ0v) is 13.5. The van der Waals surface area contributed by atoms with E-state index in [1.165, 1.54) is 0 Å². The molecule has 0 saturated carbocycles. The van der Waals surface area contributed by atoms with Crippen molar-refractivity contribution in [3.63, 3.8) is 0 Å². The minimum atomic E-state index is -3.27. The SMILES string of the molecule is CCOP(=O)(OCC)c1ccc(-c2cc[c]cc2C#N)cc1. The average Bonchev–Trinajstić information content (AvgIpc) is 2.55. The number of rotatable bonds is 6. The molecule has 0 fully saturated rings. The second-order valence-electron chi connectivity index (χ2n) is 4.46. The molecule has 0 bridgehead atoms. The number of nitriles is 1. The first-order chi connectivity index (χ1) is 10.6. The van der Waals surface area contributed by atoms with Crippen LogP contribution in [0, 0.1) is 17.4 Å². The van der Waals surface area contributed by atoms with Crippen molar-refractivity contribution in [2.45, 2.75) is 13.8 Å². The Labute approximate surface area is 130 Å². The fraction of sp³-hybridized carbons (Fsp3) is 0.235. The smallest absolute Gasteiger partial charge is 0.305 e. The van der Waals surface area contributed by atoms with Crippen LogP contribution in [0.25, 0.3) is 11.1 Å². The van der Waals surface area contributed by atoms with Crippen molar-refractivity contribution >= 4 is 12.9 Å². The van der Waals surface area contributed by atoms with E-state index in [0.717, 1.165) is 11.1 Å². The Hall–Kier alpha value is -1.92. The summed E-state index contributed by atoms with van der Waals surface area (Å²) >= 11 is 0. The lowest BCUT2D eigenvalue weighted by Crippen LogP contribution is -2.10. The summed E-state index contributed by atoms with van der Waals surface area (Å²) in [6.07, 6.45) is 0. The van der Waals surface area contributed by atoms with Crippen LogP contribution in [0.15, 0.2) is 42.5 Å². The van der Waals surface area contributed by atoms with Crippen LogP contribution in [0.5, 0.6) is 0 Å². The monoisotopic (exact) mass is 314 g/mol. The third-order valence-electron chi connectivity index (χ3n) is 3.08. The van der Waals surface area contributed by atoms with Crippen molar-refractivity contribution in [2.75, 3.05) is 13.2 Å². The molecule has 0 atom stereocenters. The molecule has 0 aliphatic carbocycles. The van der Waals surface area contributed by atoms with Crippen LogP contribution in [0.3, 0.4) is 0 Å². The maximum Gasteiger partial charge on any atom is 0.361 e. The second kappa shape index (κ2) is 7.38. The van der Waals surface area contributed by atoms with Gasteiger partial charge in [-0.2, -0.15) is 5.26 Å². The molecule has 0 heterocycles. The summed E-state index contributed by atoms with van der Waals surface area (Å²) in [5.41, 5.74) is 2.23. The molecule has 113 valence electrons. The Morgan fingerprint density at radius 2 is 1.77 bits per heavy atom. The molecule has 1 radical (unpaired) electrons. The van der Waals surface area contributed by atoms with Crippen LogP contribution in [0.2, 0.25) is 0 Å². The van der Waals surface area contributed by atoms with Gasteiger partial charge < -0.3 is 9.05 Å². The van der Waals surface area contributed by atoms with E-state index in [9.17, 15) is 4.57 Å². The standard InChI is InChI=1S/C17H17NO3P/c1-3-20-22(19,21-4-2)16-11-9-14(10-12-16)17-8-6-5-7-15(17)13-18/h6-12H,3-4H2,1-2H3.